The molecule has 1 aliphatic heterocycles. The fourth-order valence-corrected chi connectivity index (χ4v) is 4.73. The Balaban J connectivity index is 1.60. The maximum Gasteiger partial charge on any atom is 0.323 e. The molecule has 8 heteroatoms. The van der Waals surface area contributed by atoms with E-state index in [1.165, 1.54) is 6.07 Å². The van der Waals surface area contributed by atoms with Gasteiger partial charge in [0.15, 0.2) is 0 Å². The summed E-state index contributed by atoms with van der Waals surface area (Å²) in [5.74, 6) is -0.562. The molecule has 0 saturated carbocycles. The first-order valence-corrected chi connectivity index (χ1v) is 10.5. The van der Waals surface area contributed by atoms with Crippen molar-refractivity contribution in [1.29, 1.82) is 0 Å². The van der Waals surface area contributed by atoms with Crippen LogP contribution in [-0.2, 0) is 16.1 Å². The molecular weight excluding hydrogens is 417 g/mol. The van der Waals surface area contributed by atoms with Crippen LogP contribution in [0.3, 0.4) is 0 Å². The number of halogens is 2. The van der Waals surface area contributed by atoms with E-state index >= 15 is 0 Å². The molecule has 156 valence electrons. The summed E-state index contributed by atoms with van der Waals surface area (Å²) in [6.45, 7) is 2.28. The first-order valence-electron chi connectivity index (χ1n) is 9.26. The van der Waals surface area contributed by atoms with Gasteiger partial charge in [0.05, 0.1) is 11.1 Å². The number of nitrogens with one attached hydrogen (secondary N) is 1. The number of rotatable bonds is 8. The van der Waals surface area contributed by atoms with Crippen molar-refractivity contribution in [3.05, 3.63) is 58.9 Å². The summed E-state index contributed by atoms with van der Waals surface area (Å²) in [6.07, 6.45) is 0.387. The van der Waals surface area contributed by atoms with Crippen molar-refractivity contribution in [2.75, 3.05) is 7.05 Å². The summed E-state index contributed by atoms with van der Waals surface area (Å²) in [6, 6.07) is 11.4. The number of carboxylic acid groups (broad SMARTS) is 1. The van der Waals surface area contributed by atoms with Gasteiger partial charge in [-0.2, -0.15) is 0 Å². The van der Waals surface area contributed by atoms with E-state index in [0.29, 0.717) is 5.75 Å². The average Bonchev–Trinajstić information content (AvgIpc) is 3.03. The number of likely N-dealkylation sites (N-methyl/N-ethyl adjacent to an activating group) is 1. The molecular formula is C21H23ClFNO4S. The highest BCUT2D eigenvalue weighted by Crippen LogP contribution is 2.38. The Morgan fingerprint density at radius 2 is 2.21 bits per heavy atom. The van der Waals surface area contributed by atoms with Gasteiger partial charge in [0.25, 0.3) is 0 Å². The SMILES string of the molecule is CNC(C(=O)O)[C@@H]1OC(Sc2cccc(OCc3ccc(F)c(Cl)c3)c2)C[C@H]1C. The summed E-state index contributed by atoms with van der Waals surface area (Å²) in [5, 5.41) is 12.2. The standard InChI is InChI=1S/C21H23ClFNO4S/c1-12-8-18(28-20(12)19(24-2)21(25)26)29-15-5-3-4-14(10-15)27-11-13-6-7-17(23)16(22)9-13/h3-7,9-10,12,18-20,24H,8,11H2,1-2H3,(H,25,26)/t12-,18?,19?,20-/m1/s1. The Hall–Kier alpha value is -1.80. The van der Waals surface area contributed by atoms with Gasteiger partial charge < -0.3 is 19.9 Å². The maximum atomic E-state index is 13.3. The smallest absolute Gasteiger partial charge is 0.323 e. The van der Waals surface area contributed by atoms with Gasteiger partial charge >= 0.3 is 5.97 Å². The Morgan fingerprint density at radius 3 is 2.90 bits per heavy atom. The second-order valence-corrected chi connectivity index (χ2v) is 8.62. The number of carboxylic acids is 1. The molecule has 5 nitrogen and oxygen atoms in total. The van der Waals surface area contributed by atoms with Gasteiger partial charge in [-0.15, -0.1) is 0 Å². The molecule has 2 aromatic carbocycles. The lowest BCUT2D eigenvalue weighted by Gasteiger charge is -2.22. The van der Waals surface area contributed by atoms with E-state index in [0.717, 1.165) is 16.9 Å². The lowest BCUT2D eigenvalue weighted by atomic mass is 9.98. The van der Waals surface area contributed by atoms with E-state index < -0.39 is 17.8 Å². The highest BCUT2D eigenvalue weighted by molar-refractivity contribution is 7.99. The number of carbonyl (C=O) groups is 1. The second-order valence-electron chi connectivity index (χ2n) is 6.98. The molecule has 2 aromatic rings. The van der Waals surface area contributed by atoms with Crippen molar-refractivity contribution in [1.82, 2.24) is 5.32 Å². The van der Waals surface area contributed by atoms with Crippen molar-refractivity contribution in [2.45, 2.75) is 42.4 Å². The molecule has 29 heavy (non-hydrogen) atoms. The van der Waals surface area contributed by atoms with Crippen molar-refractivity contribution in [2.24, 2.45) is 5.92 Å². The third-order valence-corrected chi connectivity index (χ3v) is 6.18. The first-order chi connectivity index (χ1) is 13.9. The van der Waals surface area contributed by atoms with Crippen LogP contribution in [0.25, 0.3) is 0 Å². The zero-order valence-electron chi connectivity index (χ0n) is 16.1. The summed E-state index contributed by atoms with van der Waals surface area (Å²) in [5.41, 5.74) is 0.647. The zero-order chi connectivity index (χ0) is 21.0. The molecule has 1 aliphatic rings. The number of benzene rings is 2. The number of hydrogen-bond acceptors (Lipinski definition) is 5. The average molecular weight is 440 g/mol. The third kappa shape index (κ3) is 5.63. The predicted molar refractivity (Wildman–Crippen MR) is 111 cm³/mol. The van der Waals surface area contributed by atoms with Gasteiger partial charge in [0.1, 0.15) is 29.7 Å². The van der Waals surface area contributed by atoms with Gasteiger partial charge in [0, 0.05) is 4.90 Å². The molecule has 0 amide bonds. The van der Waals surface area contributed by atoms with Crippen molar-refractivity contribution in [3.63, 3.8) is 0 Å². The second kappa shape index (κ2) is 9.80. The van der Waals surface area contributed by atoms with E-state index in [1.807, 2.05) is 31.2 Å². The van der Waals surface area contributed by atoms with Crippen molar-refractivity contribution >= 4 is 29.3 Å². The van der Waals surface area contributed by atoms with Crippen LogP contribution in [0.4, 0.5) is 4.39 Å². The van der Waals surface area contributed by atoms with Crippen molar-refractivity contribution in [3.8, 4) is 5.75 Å². The molecule has 3 rings (SSSR count). The van der Waals surface area contributed by atoms with Gasteiger partial charge in [0.2, 0.25) is 0 Å². The first kappa shape index (κ1) is 21.9. The minimum Gasteiger partial charge on any atom is -0.489 e. The van der Waals surface area contributed by atoms with Crippen LogP contribution in [0.1, 0.15) is 18.9 Å². The topological polar surface area (TPSA) is 67.8 Å². The van der Waals surface area contributed by atoms with E-state index in [4.69, 9.17) is 21.1 Å². The number of hydrogen-bond donors (Lipinski definition) is 2. The van der Waals surface area contributed by atoms with Crippen LogP contribution in [0.5, 0.6) is 5.75 Å². The van der Waals surface area contributed by atoms with Gasteiger partial charge in [-0.05, 0) is 55.3 Å². The number of thioether (sulfide) groups is 1. The van der Waals surface area contributed by atoms with Crippen LogP contribution in [0.2, 0.25) is 5.02 Å². The van der Waals surface area contributed by atoms with E-state index in [1.54, 1.807) is 30.9 Å². The van der Waals surface area contributed by atoms with E-state index in [9.17, 15) is 14.3 Å². The lowest BCUT2D eigenvalue weighted by Crippen LogP contribution is -2.46. The van der Waals surface area contributed by atoms with Gasteiger partial charge in [-0.1, -0.05) is 42.4 Å². The Labute approximate surface area is 178 Å². The molecule has 2 unspecified atom stereocenters. The van der Waals surface area contributed by atoms with Crippen LogP contribution in [-0.4, -0.2) is 35.7 Å². The maximum absolute atomic E-state index is 13.3. The largest absolute Gasteiger partial charge is 0.489 e. The Morgan fingerprint density at radius 1 is 1.41 bits per heavy atom. The van der Waals surface area contributed by atoms with Crippen molar-refractivity contribution < 1.29 is 23.8 Å². The molecule has 0 spiro atoms. The zero-order valence-corrected chi connectivity index (χ0v) is 17.7. The number of aliphatic carboxylic acids is 1. The van der Waals surface area contributed by atoms with Crippen LogP contribution >= 0.6 is 23.4 Å². The van der Waals surface area contributed by atoms with Crippen LogP contribution < -0.4 is 10.1 Å². The molecule has 0 aromatic heterocycles. The molecule has 0 aliphatic carbocycles. The molecule has 0 radical (unpaired) electrons. The van der Waals surface area contributed by atoms with E-state index in [-0.39, 0.29) is 29.1 Å². The van der Waals surface area contributed by atoms with E-state index in [2.05, 4.69) is 5.32 Å². The Kier molecular flexibility index (Phi) is 7.40. The minimum atomic E-state index is -0.911. The quantitative estimate of drug-likeness (QED) is 0.627. The molecule has 1 heterocycles. The summed E-state index contributed by atoms with van der Waals surface area (Å²) >= 11 is 7.35. The predicted octanol–water partition coefficient (Wildman–Crippen LogP) is 4.57. The highest BCUT2D eigenvalue weighted by Gasteiger charge is 2.40. The fraction of sp³-hybridized carbons (Fsp3) is 0.381. The third-order valence-electron chi connectivity index (χ3n) is 4.80. The Bertz CT molecular complexity index is 868. The summed E-state index contributed by atoms with van der Waals surface area (Å²) in [7, 11) is 1.63. The molecule has 0 bridgehead atoms. The monoisotopic (exact) mass is 439 g/mol. The van der Waals surface area contributed by atoms with Crippen LogP contribution in [0, 0.1) is 11.7 Å². The lowest BCUT2D eigenvalue weighted by molar-refractivity contribution is -0.143. The molecule has 2 N–H and O–H groups in total. The van der Waals surface area contributed by atoms with Gasteiger partial charge in [-0.3, -0.25) is 4.79 Å². The molecule has 4 atom stereocenters. The molecule has 1 saturated heterocycles. The number of ether oxygens (including phenoxy) is 2. The molecule has 1 fully saturated rings. The summed E-state index contributed by atoms with van der Waals surface area (Å²) in [4.78, 5) is 12.4. The van der Waals surface area contributed by atoms with Gasteiger partial charge in [-0.25, -0.2) is 4.39 Å². The summed E-state index contributed by atoms with van der Waals surface area (Å²) < 4.78 is 25.1. The minimum absolute atomic E-state index is 0.0682. The normalized spacial score (nSPS) is 22.4. The highest BCUT2D eigenvalue weighted by atomic mass is 35.5. The fourth-order valence-electron chi connectivity index (χ4n) is 3.30. The van der Waals surface area contributed by atoms with Crippen LogP contribution in [0.15, 0.2) is 47.4 Å².